The molecule has 0 aromatic heterocycles. The van der Waals surface area contributed by atoms with Gasteiger partial charge < -0.3 is 10.6 Å². The van der Waals surface area contributed by atoms with Gasteiger partial charge in [0.2, 0.25) is 0 Å². The summed E-state index contributed by atoms with van der Waals surface area (Å²) in [5.41, 5.74) is 5.57. The average molecular weight is 184 g/mol. The topological polar surface area (TPSA) is 29.3 Å². The number of nitrogens with zero attached hydrogens (tertiary/aromatic N) is 1. The summed E-state index contributed by atoms with van der Waals surface area (Å²) in [5.74, 6) is 0. The maximum atomic E-state index is 5.57. The van der Waals surface area contributed by atoms with E-state index in [1.165, 1.54) is 32.1 Å². The van der Waals surface area contributed by atoms with E-state index in [1.54, 1.807) is 0 Å². The third-order valence-corrected chi connectivity index (χ3v) is 3.43. The lowest BCUT2D eigenvalue weighted by Crippen LogP contribution is -2.40. The molecule has 1 aliphatic carbocycles. The lowest BCUT2D eigenvalue weighted by Gasteiger charge is -2.35. The largest absolute Gasteiger partial charge is 0.330 e. The van der Waals surface area contributed by atoms with Crippen molar-refractivity contribution in [3.05, 3.63) is 0 Å². The van der Waals surface area contributed by atoms with Crippen molar-refractivity contribution in [1.82, 2.24) is 4.90 Å². The Bertz CT molecular complexity index is 130. The molecule has 2 nitrogen and oxygen atoms in total. The van der Waals surface area contributed by atoms with Gasteiger partial charge in [0.15, 0.2) is 0 Å². The normalized spacial score (nSPS) is 22.2. The molecule has 1 fully saturated rings. The molecule has 0 bridgehead atoms. The monoisotopic (exact) mass is 184 g/mol. The fourth-order valence-corrected chi connectivity index (χ4v) is 2.29. The predicted molar refractivity (Wildman–Crippen MR) is 57.8 cm³/mol. The Morgan fingerprint density at radius 1 is 1.31 bits per heavy atom. The molecule has 0 spiro atoms. The van der Waals surface area contributed by atoms with Crippen LogP contribution in [0.5, 0.6) is 0 Å². The van der Waals surface area contributed by atoms with Crippen LogP contribution in [0.15, 0.2) is 0 Å². The fraction of sp³-hybridized carbons (Fsp3) is 1.00. The summed E-state index contributed by atoms with van der Waals surface area (Å²) in [7, 11) is 2.26. The van der Waals surface area contributed by atoms with Crippen molar-refractivity contribution in [1.29, 1.82) is 0 Å². The second kappa shape index (κ2) is 5.61. The lowest BCUT2D eigenvalue weighted by molar-refractivity contribution is 0.142. The minimum Gasteiger partial charge on any atom is -0.330 e. The molecule has 13 heavy (non-hydrogen) atoms. The van der Waals surface area contributed by atoms with Crippen molar-refractivity contribution in [2.75, 3.05) is 13.6 Å². The van der Waals surface area contributed by atoms with Crippen LogP contribution in [0.25, 0.3) is 0 Å². The van der Waals surface area contributed by atoms with Gasteiger partial charge in [0.1, 0.15) is 0 Å². The van der Waals surface area contributed by atoms with Crippen LogP contribution in [0.4, 0.5) is 0 Å². The predicted octanol–water partition coefficient (Wildman–Crippen LogP) is 1.99. The molecule has 2 N–H and O–H groups in total. The Morgan fingerprint density at radius 2 is 1.92 bits per heavy atom. The molecule has 0 saturated heterocycles. The molecule has 1 atom stereocenters. The summed E-state index contributed by atoms with van der Waals surface area (Å²) in [6.45, 7) is 3.11. The van der Waals surface area contributed by atoms with E-state index in [0.717, 1.165) is 19.0 Å². The van der Waals surface area contributed by atoms with Gasteiger partial charge in [-0.05, 0) is 39.8 Å². The highest BCUT2D eigenvalue weighted by Crippen LogP contribution is 2.23. The van der Waals surface area contributed by atoms with Crippen molar-refractivity contribution in [2.45, 2.75) is 57.5 Å². The van der Waals surface area contributed by atoms with Crippen LogP contribution in [-0.2, 0) is 0 Å². The maximum absolute atomic E-state index is 5.57. The summed E-state index contributed by atoms with van der Waals surface area (Å²) in [5, 5.41) is 0. The fourth-order valence-electron chi connectivity index (χ4n) is 2.29. The number of hydrogen-bond donors (Lipinski definition) is 1. The molecule has 0 heterocycles. The highest BCUT2D eigenvalue weighted by atomic mass is 15.2. The number of rotatable bonds is 4. The van der Waals surface area contributed by atoms with Crippen molar-refractivity contribution in [3.8, 4) is 0 Å². The number of hydrogen-bond acceptors (Lipinski definition) is 2. The van der Waals surface area contributed by atoms with E-state index < -0.39 is 0 Å². The summed E-state index contributed by atoms with van der Waals surface area (Å²) in [4.78, 5) is 2.53. The van der Waals surface area contributed by atoms with Crippen LogP contribution in [-0.4, -0.2) is 30.6 Å². The van der Waals surface area contributed by atoms with Crippen LogP contribution in [0.2, 0.25) is 0 Å². The van der Waals surface area contributed by atoms with Gasteiger partial charge in [0.25, 0.3) is 0 Å². The van der Waals surface area contributed by atoms with Crippen LogP contribution in [0.1, 0.15) is 45.4 Å². The van der Waals surface area contributed by atoms with Gasteiger partial charge in [-0.3, -0.25) is 0 Å². The Labute approximate surface area is 82.5 Å². The molecule has 2 heteroatoms. The third kappa shape index (κ3) is 3.28. The van der Waals surface area contributed by atoms with E-state index in [0.29, 0.717) is 6.04 Å². The first-order valence-electron chi connectivity index (χ1n) is 5.67. The first kappa shape index (κ1) is 11.0. The van der Waals surface area contributed by atoms with E-state index in [4.69, 9.17) is 5.73 Å². The zero-order valence-electron chi connectivity index (χ0n) is 9.13. The van der Waals surface area contributed by atoms with Gasteiger partial charge in [-0.25, -0.2) is 0 Å². The second-order valence-corrected chi connectivity index (χ2v) is 4.38. The van der Waals surface area contributed by atoms with Crippen LogP contribution >= 0.6 is 0 Å². The molecule has 78 valence electrons. The van der Waals surface area contributed by atoms with Crippen LogP contribution in [0.3, 0.4) is 0 Å². The van der Waals surface area contributed by atoms with Crippen molar-refractivity contribution in [3.63, 3.8) is 0 Å². The first-order chi connectivity index (χ1) is 6.25. The minimum atomic E-state index is 0.660. The molecule has 1 unspecified atom stereocenters. The lowest BCUT2D eigenvalue weighted by atomic mass is 9.93. The summed E-state index contributed by atoms with van der Waals surface area (Å²) in [6.07, 6.45) is 8.20. The van der Waals surface area contributed by atoms with Crippen molar-refractivity contribution < 1.29 is 0 Å². The highest BCUT2D eigenvalue weighted by Gasteiger charge is 2.20. The molecule has 0 radical (unpaired) electrons. The Hall–Kier alpha value is -0.0800. The van der Waals surface area contributed by atoms with Crippen LogP contribution < -0.4 is 5.73 Å². The molecular weight excluding hydrogens is 160 g/mol. The van der Waals surface area contributed by atoms with Gasteiger partial charge in [-0.1, -0.05) is 19.3 Å². The standard InChI is InChI=1S/C11H24N2/c1-10(8-9-12)13(2)11-6-4-3-5-7-11/h10-11H,3-9,12H2,1-2H3. The SMILES string of the molecule is CC(CCN)N(C)C1CCCCC1. The van der Waals surface area contributed by atoms with Gasteiger partial charge >= 0.3 is 0 Å². The summed E-state index contributed by atoms with van der Waals surface area (Å²) < 4.78 is 0. The Kier molecular flexibility index (Phi) is 4.74. The Balaban J connectivity index is 2.31. The zero-order chi connectivity index (χ0) is 9.68. The molecule has 0 amide bonds. The van der Waals surface area contributed by atoms with Crippen molar-refractivity contribution >= 4 is 0 Å². The van der Waals surface area contributed by atoms with E-state index in [2.05, 4.69) is 18.9 Å². The summed E-state index contributed by atoms with van der Waals surface area (Å²) >= 11 is 0. The molecular formula is C11H24N2. The van der Waals surface area contributed by atoms with Gasteiger partial charge in [-0.2, -0.15) is 0 Å². The molecule has 1 rings (SSSR count). The zero-order valence-corrected chi connectivity index (χ0v) is 9.13. The maximum Gasteiger partial charge on any atom is 0.00950 e. The van der Waals surface area contributed by atoms with Gasteiger partial charge in [0.05, 0.1) is 0 Å². The van der Waals surface area contributed by atoms with Gasteiger partial charge in [0, 0.05) is 12.1 Å². The molecule has 1 aliphatic rings. The smallest absolute Gasteiger partial charge is 0.00950 e. The first-order valence-corrected chi connectivity index (χ1v) is 5.67. The van der Waals surface area contributed by atoms with E-state index >= 15 is 0 Å². The van der Waals surface area contributed by atoms with E-state index in [9.17, 15) is 0 Å². The third-order valence-electron chi connectivity index (χ3n) is 3.43. The van der Waals surface area contributed by atoms with E-state index in [1.807, 2.05) is 0 Å². The average Bonchev–Trinajstić information content (AvgIpc) is 2.18. The molecule has 0 aliphatic heterocycles. The summed E-state index contributed by atoms with van der Waals surface area (Å²) in [6, 6.07) is 1.49. The molecule has 0 aromatic carbocycles. The van der Waals surface area contributed by atoms with Crippen molar-refractivity contribution in [2.24, 2.45) is 5.73 Å². The van der Waals surface area contributed by atoms with Gasteiger partial charge in [-0.15, -0.1) is 0 Å². The number of nitrogens with two attached hydrogens (primary N) is 1. The highest BCUT2D eigenvalue weighted by molar-refractivity contribution is 4.77. The van der Waals surface area contributed by atoms with Crippen LogP contribution in [0, 0.1) is 0 Å². The minimum absolute atomic E-state index is 0.660. The van der Waals surface area contributed by atoms with E-state index in [-0.39, 0.29) is 0 Å². The Morgan fingerprint density at radius 3 is 2.46 bits per heavy atom. The quantitative estimate of drug-likeness (QED) is 0.724. The molecule has 1 saturated carbocycles. The molecule has 0 aromatic rings. The second-order valence-electron chi connectivity index (χ2n) is 4.38.